The Morgan fingerprint density at radius 3 is 2.46 bits per heavy atom. The van der Waals surface area contributed by atoms with Crippen molar-refractivity contribution in [3.05, 3.63) is 0 Å². The molecule has 2 aliphatic rings. The number of nitrogens with two attached hydrogens (primary N) is 1. The Hall–Kier alpha value is -0.0800. The fourth-order valence-corrected chi connectivity index (χ4v) is 3.05. The molecule has 1 saturated heterocycles. The summed E-state index contributed by atoms with van der Waals surface area (Å²) in [6.45, 7) is 6.10. The lowest BCUT2D eigenvalue weighted by Gasteiger charge is -2.39. The molecule has 2 heteroatoms. The molecule has 0 radical (unpaired) electrons. The lowest BCUT2D eigenvalue weighted by atomic mass is 9.77. The van der Waals surface area contributed by atoms with Crippen LogP contribution in [0.25, 0.3) is 0 Å². The van der Waals surface area contributed by atoms with E-state index in [2.05, 4.69) is 11.8 Å². The van der Waals surface area contributed by atoms with Crippen molar-refractivity contribution in [2.75, 3.05) is 19.6 Å². The molecule has 0 aromatic rings. The summed E-state index contributed by atoms with van der Waals surface area (Å²) in [5.41, 5.74) is 6.65. The molecule has 2 N–H and O–H groups in total. The third-order valence-electron chi connectivity index (χ3n) is 4.10. The van der Waals surface area contributed by atoms with E-state index in [4.69, 9.17) is 5.73 Å². The van der Waals surface area contributed by atoms with Gasteiger partial charge in [-0.05, 0) is 57.2 Å². The summed E-state index contributed by atoms with van der Waals surface area (Å²) in [4.78, 5) is 2.56. The summed E-state index contributed by atoms with van der Waals surface area (Å²) in [6.07, 6.45) is 6.76. The van der Waals surface area contributed by atoms with Crippen molar-refractivity contribution in [2.24, 2.45) is 11.1 Å². The highest BCUT2D eigenvalue weighted by molar-refractivity contribution is 4.94. The first-order valence-corrected chi connectivity index (χ1v) is 5.72. The predicted molar refractivity (Wildman–Crippen MR) is 55.6 cm³/mol. The Balaban J connectivity index is 1.90. The van der Waals surface area contributed by atoms with Crippen LogP contribution in [0.5, 0.6) is 0 Å². The molecular weight excluding hydrogens is 160 g/mol. The van der Waals surface area contributed by atoms with Crippen molar-refractivity contribution in [1.82, 2.24) is 4.90 Å². The Kier molecular flexibility index (Phi) is 2.61. The molecule has 0 amide bonds. The van der Waals surface area contributed by atoms with Gasteiger partial charge in [-0.25, -0.2) is 0 Å². The molecule has 1 aliphatic carbocycles. The molecule has 2 rings (SSSR count). The zero-order chi connectivity index (χ0) is 9.31. The van der Waals surface area contributed by atoms with Gasteiger partial charge in [0, 0.05) is 6.04 Å². The van der Waals surface area contributed by atoms with Crippen LogP contribution in [0.1, 0.15) is 39.0 Å². The minimum absolute atomic E-state index is 0.508. The minimum Gasteiger partial charge on any atom is -0.328 e. The molecule has 2 fully saturated rings. The van der Waals surface area contributed by atoms with Crippen LogP contribution < -0.4 is 5.73 Å². The lowest BCUT2D eigenvalue weighted by molar-refractivity contribution is 0.112. The third kappa shape index (κ3) is 1.89. The second-order valence-corrected chi connectivity index (χ2v) is 4.94. The molecule has 76 valence electrons. The number of rotatable bonds is 1. The number of hydrogen-bond acceptors (Lipinski definition) is 2. The molecule has 0 bridgehead atoms. The maximum atomic E-state index is 5.99. The van der Waals surface area contributed by atoms with Crippen molar-refractivity contribution in [3.8, 4) is 0 Å². The van der Waals surface area contributed by atoms with E-state index in [-0.39, 0.29) is 0 Å². The van der Waals surface area contributed by atoms with Gasteiger partial charge in [0.2, 0.25) is 0 Å². The van der Waals surface area contributed by atoms with E-state index in [9.17, 15) is 0 Å². The van der Waals surface area contributed by atoms with Crippen molar-refractivity contribution in [2.45, 2.75) is 45.1 Å². The smallest absolute Gasteiger partial charge is 0.00443 e. The van der Waals surface area contributed by atoms with Gasteiger partial charge in [-0.15, -0.1) is 0 Å². The summed E-state index contributed by atoms with van der Waals surface area (Å²) in [7, 11) is 0. The van der Waals surface area contributed by atoms with Gasteiger partial charge in [-0.2, -0.15) is 0 Å². The van der Waals surface area contributed by atoms with Crippen molar-refractivity contribution >= 4 is 0 Å². The second-order valence-electron chi connectivity index (χ2n) is 4.94. The van der Waals surface area contributed by atoms with E-state index in [1.165, 1.54) is 51.7 Å². The average molecular weight is 182 g/mol. The first-order chi connectivity index (χ1) is 6.24. The van der Waals surface area contributed by atoms with Gasteiger partial charge in [0.15, 0.2) is 0 Å². The topological polar surface area (TPSA) is 29.3 Å². The Bertz CT molecular complexity index is 171. The maximum absolute atomic E-state index is 5.99. The van der Waals surface area contributed by atoms with Gasteiger partial charge >= 0.3 is 0 Å². The van der Waals surface area contributed by atoms with Crippen LogP contribution >= 0.6 is 0 Å². The highest BCUT2D eigenvalue weighted by Crippen LogP contribution is 2.45. The monoisotopic (exact) mass is 182 g/mol. The van der Waals surface area contributed by atoms with Crippen LogP contribution in [0.2, 0.25) is 0 Å². The summed E-state index contributed by atoms with van der Waals surface area (Å²) in [6, 6.07) is 0.508. The van der Waals surface area contributed by atoms with Crippen LogP contribution in [0.4, 0.5) is 0 Å². The molecule has 1 aliphatic heterocycles. The highest BCUT2D eigenvalue weighted by atomic mass is 15.1. The molecular formula is C11H22N2. The Morgan fingerprint density at radius 1 is 1.31 bits per heavy atom. The predicted octanol–water partition coefficient (Wildman–Crippen LogP) is 1.60. The van der Waals surface area contributed by atoms with Crippen LogP contribution in [0, 0.1) is 5.41 Å². The fraction of sp³-hybridized carbons (Fsp3) is 1.00. The normalized spacial score (nSPS) is 34.2. The average Bonchev–Trinajstić information content (AvgIpc) is 2.49. The Labute approximate surface area is 81.5 Å². The third-order valence-corrected chi connectivity index (χ3v) is 4.10. The SMILES string of the molecule is CCN1CCC2(CCC(N)C2)CC1. The second kappa shape index (κ2) is 3.58. The molecule has 2 nitrogen and oxygen atoms in total. The van der Waals surface area contributed by atoms with E-state index in [1.54, 1.807) is 0 Å². The molecule has 1 atom stereocenters. The number of piperidine rings is 1. The molecule has 1 spiro atoms. The molecule has 0 aromatic heterocycles. The number of likely N-dealkylation sites (tertiary alicyclic amines) is 1. The van der Waals surface area contributed by atoms with Crippen LogP contribution in [0.3, 0.4) is 0 Å². The van der Waals surface area contributed by atoms with Crippen molar-refractivity contribution in [3.63, 3.8) is 0 Å². The maximum Gasteiger partial charge on any atom is 0.00443 e. The molecule has 1 heterocycles. The first kappa shape index (κ1) is 9.47. The van der Waals surface area contributed by atoms with E-state index in [0.717, 1.165) is 0 Å². The van der Waals surface area contributed by atoms with E-state index in [1.807, 2.05) is 0 Å². The van der Waals surface area contributed by atoms with Gasteiger partial charge in [-0.3, -0.25) is 0 Å². The van der Waals surface area contributed by atoms with Crippen LogP contribution in [0.15, 0.2) is 0 Å². The number of nitrogens with zero attached hydrogens (tertiary/aromatic N) is 1. The highest BCUT2D eigenvalue weighted by Gasteiger charge is 2.39. The van der Waals surface area contributed by atoms with Gasteiger partial charge in [0.25, 0.3) is 0 Å². The summed E-state index contributed by atoms with van der Waals surface area (Å²) in [5.74, 6) is 0. The van der Waals surface area contributed by atoms with Crippen LogP contribution in [-0.2, 0) is 0 Å². The first-order valence-electron chi connectivity index (χ1n) is 5.72. The van der Waals surface area contributed by atoms with E-state index < -0.39 is 0 Å². The van der Waals surface area contributed by atoms with Gasteiger partial charge in [-0.1, -0.05) is 6.92 Å². The van der Waals surface area contributed by atoms with E-state index >= 15 is 0 Å². The van der Waals surface area contributed by atoms with Gasteiger partial charge in [0.1, 0.15) is 0 Å². The Morgan fingerprint density at radius 2 is 2.00 bits per heavy atom. The van der Waals surface area contributed by atoms with Crippen molar-refractivity contribution < 1.29 is 0 Å². The molecule has 13 heavy (non-hydrogen) atoms. The van der Waals surface area contributed by atoms with Crippen molar-refractivity contribution in [1.29, 1.82) is 0 Å². The van der Waals surface area contributed by atoms with Gasteiger partial charge in [0.05, 0.1) is 0 Å². The largest absolute Gasteiger partial charge is 0.328 e. The standard InChI is InChI=1S/C11H22N2/c1-2-13-7-5-11(6-8-13)4-3-10(12)9-11/h10H,2-9,12H2,1H3. The summed E-state index contributed by atoms with van der Waals surface area (Å²) in [5, 5.41) is 0. The molecule has 0 aromatic carbocycles. The zero-order valence-corrected chi connectivity index (χ0v) is 8.76. The van der Waals surface area contributed by atoms with Crippen LogP contribution in [-0.4, -0.2) is 30.6 Å². The molecule has 1 saturated carbocycles. The fourth-order valence-electron chi connectivity index (χ4n) is 3.05. The number of hydrogen-bond donors (Lipinski definition) is 1. The zero-order valence-electron chi connectivity index (χ0n) is 8.76. The summed E-state index contributed by atoms with van der Waals surface area (Å²) < 4.78 is 0. The minimum atomic E-state index is 0.508. The molecule has 1 unspecified atom stereocenters. The quantitative estimate of drug-likeness (QED) is 0.667. The van der Waals surface area contributed by atoms with Gasteiger partial charge < -0.3 is 10.6 Å². The van der Waals surface area contributed by atoms with E-state index in [0.29, 0.717) is 11.5 Å². The summed E-state index contributed by atoms with van der Waals surface area (Å²) >= 11 is 0. The lowest BCUT2D eigenvalue weighted by Crippen LogP contribution is -2.39.